The van der Waals surface area contributed by atoms with Gasteiger partial charge in [-0.1, -0.05) is 45.3 Å². The summed E-state index contributed by atoms with van der Waals surface area (Å²) < 4.78 is 0. The van der Waals surface area contributed by atoms with Crippen LogP contribution in [0.5, 0.6) is 0 Å². The molecule has 3 N–H and O–H groups in total. The molecule has 0 aromatic heterocycles. The normalized spacial score (nSPS) is 32.2. The van der Waals surface area contributed by atoms with Crippen LogP contribution in [-0.2, 0) is 4.79 Å². The molecule has 0 aliphatic heterocycles. The van der Waals surface area contributed by atoms with Gasteiger partial charge in [-0.05, 0) is 43.9 Å². The molecule has 1 unspecified atom stereocenters. The summed E-state index contributed by atoms with van der Waals surface area (Å²) in [5, 5.41) is 3.27. The van der Waals surface area contributed by atoms with E-state index in [-0.39, 0.29) is 5.91 Å². The first-order chi connectivity index (χ1) is 9.49. The lowest BCUT2D eigenvalue weighted by Gasteiger charge is -2.45. The van der Waals surface area contributed by atoms with Crippen molar-refractivity contribution in [1.82, 2.24) is 5.32 Å². The summed E-state index contributed by atoms with van der Waals surface area (Å²) >= 11 is 5.17. The van der Waals surface area contributed by atoms with E-state index < -0.39 is 5.41 Å². The topological polar surface area (TPSA) is 55.1 Å². The van der Waals surface area contributed by atoms with E-state index >= 15 is 0 Å². The quantitative estimate of drug-likeness (QED) is 0.766. The van der Waals surface area contributed by atoms with Crippen LogP contribution in [-0.4, -0.2) is 16.9 Å². The molecule has 0 saturated heterocycles. The lowest BCUT2D eigenvalue weighted by Crippen LogP contribution is -2.58. The largest absolute Gasteiger partial charge is 0.392 e. The molecule has 0 spiro atoms. The minimum Gasteiger partial charge on any atom is -0.392 e. The van der Waals surface area contributed by atoms with Gasteiger partial charge in [-0.25, -0.2) is 0 Å². The van der Waals surface area contributed by atoms with Crippen molar-refractivity contribution in [3.63, 3.8) is 0 Å². The van der Waals surface area contributed by atoms with Crippen LogP contribution in [0, 0.1) is 17.3 Å². The highest BCUT2D eigenvalue weighted by Crippen LogP contribution is 2.46. The van der Waals surface area contributed by atoms with Gasteiger partial charge in [-0.2, -0.15) is 0 Å². The molecule has 2 aliphatic rings. The molecule has 2 aliphatic carbocycles. The minimum atomic E-state index is -0.559. The van der Waals surface area contributed by atoms with Crippen LogP contribution < -0.4 is 11.1 Å². The Morgan fingerprint density at radius 3 is 2.40 bits per heavy atom. The van der Waals surface area contributed by atoms with Gasteiger partial charge in [-0.15, -0.1) is 0 Å². The Kier molecular flexibility index (Phi) is 5.05. The van der Waals surface area contributed by atoms with Crippen molar-refractivity contribution in [2.75, 3.05) is 0 Å². The van der Waals surface area contributed by atoms with E-state index in [1.165, 1.54) is 32.1 Å². The Labute approximate surface area is 128 Å². The van der Waals surface area contributed by atoms with Gasteiger partial charge in [-0.3, -0.25) is 4.79 Å². The maximum Gasteiger partial charge on any atom is 0.233 e. The Bertz CT molecular complexity index is 371. The summed E-state index contributed by atoms with van der Waals surface area (Å²) in [4.78, 5) is 13.0. The monoisotopic (exact) mass is 296 g/mol. The predicted octanol–water partition coefficient (Wildman–Crippen LogP) is 3.16. The Balaban J connectivity index is 1.99. The summed E-state index contributed by atoms with van der Waals surface area (Å²) in [5.74, 6) is 1.27. The van der Waals surface area contributed by atoms with E-state index in [0.29, 0.717) is 22.9 Å². The van der Waals surface area contributed by atoms with E-state index in [0.717, 1.165) is 19.3 Å². The molecule has 0 heterocycles. The predicted molar refractivity (Wildman–Crippen MR) is 86.4 cm³/mol. The van der Waals surface area contributed by atoms with Gasteiger partial charge in [0.25, 0.3) is 0 Å². The lowest BCUT2D eigenvalue weighted by atomic mass is 9.61. The first kappa shape index (κ1) is 15.7. The van der Waals surface area contributed by atoms with Crippen molar-refractivity contribution in [3.8, 4) is 0 Å². The van der Waals surface area contributed by atoms with Crippen LogP contribution in [0.1, 0.15) is 65.2 Å². The van der Waals surface area contributed by atoms with Gasteiger partial charge in [0.2, 0.25) is 5.91 Å². The second-order valence-corrected chi connectivity index (χ2v) is 7.29. The number of thiocarbonyl (C=S) groups is 1. The summed E-state index contributed by atoms with van der Waals surface area (Å²) in [6.45, 7) is 4.32. The average Bonchev–Trinajstić information content (AvgIpc) is 2.41. The van der Waals surface area contributed by atoms with Gasteiger partial charge in [0, 0.05) is 6.04 Å². The van der Waals surface area contributed by atoms with Gasteiger partial charge >= 0.3 is 0 Å². The molecule has 20 heavy (non-hydrogen) atoms. The third kappa shape index (κ3) is 3.00. The zero-order valence-corrected chi connectivity index (χ0v) is 13.6. The number of carbonyl (C=O) groups is 1. The molecule has 1 atom stereocenters. The highest BCUT2D eigenvalue weighted by atomic mass is 32.1. The lowest BCUT2D eigenvalue weighted by molar-refractivity contribution is -0.134. The maximum atomic E-state index is 12.7. The van der Waals surface area contributed by atoms with E-state index in [1.807, 2.05) is 0 Å². The molecule has 1 amide bonds. The summed E-state index contributed by atoms with van der Waals surface area (Å²) in [5.41, 5.74) is 5.30. The number of carbonyl (C=O) groups excluding carboxylic acids is 1. The zero-order valence-electron chi connectivity index (χ0n) is 12.8. The number of hydrogen-bond donors (Lipinski definition) is 2. The molecule has 0 aromatic rings. The van der Waals surface area contributed by atoms with E-state index in [2.05, 4.69) is 19.2 Å². The molecule has 0 bridgehead atoms. The summed E-state index contributed by atoms with van der Waals surface area (Å²) in [7, 11) is 0. The van der Waals surface area contributed by atoms with Crippen molar-refractivity contribution >= 4 is 23.1 Å². The minimum absolute atomic E-state index is 0.0838. The number of nitrogens with one attached hydrogen (secondary N) is 1. The van der Waals surface area contributed by atoms with Crippen LogP contribution in [0.3, 0.4) is 0 Å². The zero-order chi connectivity index (χ0) is 14.8. The Morgan fingerprint density at radius 2 is 1.95 bits per heavy atom. The van der Waals surface area contributed by atoms with Gasteiger partial charge in [0.15, 0.2) is 0 Å². The molecule has 2 rings (SSSR count). The van der Waals surface area contributed by atoms with E-state index in [1.54, 1.807) is 0 Å². The van der Waals surface area contributed by atoms with Crippen molar-refractivity contribution in [2.45, 2.75) is 71.3 Å². The van der Waals surface area contributed by atoms with Crippen LogP contribution in [0.25, 0.3) is 0 Å². The van der Waals surface area contributed by atoms with Crippen molar-refractivity contribution in [1.29, 1.82) is 0 Å². The highest BCUT2D eigenvalue weighted by Gasteiger charge is 2.51. The standard InChI is InChI=1S/C16H28N2OS/c1-3-13(12-7-5-4-6-8-12)18-15(19)16(14(17)20)9-11(2)10-16/h11-13H,3-10H2,1-2H3,(H2,17,20)(H,18,19). The van der Waals surface area contributed by atoms with Gasteiger partial charge < -0.3 is 11.1 Å². The fourth-order valence-electron chi connectivity index (χ4n) is 4.02. The molecule has 4 heteroatoms. The third-order valence-electron chi connectivity index (χ3n) is 5.28. The second kappa shape index (κ2) is 6.42. The molecular weight excluding hydrogens is 268 g/mol. The molecule has 3 nitrogen and oxygen atoms in total. The summed E-state index contributed by atoms with van der Waals surface area (Å²) in [6, 6.07) is 0.296. The van der Waals surface area contributed by atoms with Crippen LogP contribution in [0.2, 0.25) is 0 Å². The van der Waals surface area contributed by atoms with Crippen LogP contribution in [0.4, 0.5) is 0 Å². The first-order valence-electron chi connectivity index (χ1n) is 8.10. The van der Waals surface area contributed by atoms with E-state index in [4.69, 9.17) is 18.0 Å². The first-order valence-corrected chi connectivity index (χ1v) is 8.51. The maximum absolute atomic E-state index is 12.7. The summed E-state index contributed by atoms with van der Waals surface area (Å²) in [6.07, 6.45) is 9.06. The Hall–Kier alpha value is -0.640. The number of amides is 1. The molecular formula is C16H28N2OS. The molecule has 114 valence electrons. The average molecular weight is 296 g/mol. The second-order valence-electron chi connectivity index (χ2n) is 6.85. The van der Waals surface area contributed by atoms with Crippen LogP contribution >= 0.6 is 12.2 Å². The van der Waals surface area contributed by atoms with Crippen molar-refractivity contribution in [2.24, 2.45) is 23.0 Å². The molecule has 0 radical (unpaired) electrons. The smallest absolute Gasteiger partial charge is 0.233 e. The van der Waals surface area contributed by atoms with Crippen molar-refractivity contribution < 1.29 is 4.79 Å². The Morgan fingerprint density at radius 1 is 1.35 bits per heavy atom. The van der Waals surface area contributed by atoms with Crippen molar-refractivity contribution in [3.05, 3.63) is 0 Å². The fourth-order valence-corrected chi connectivity index (χ4v) is 4.28. The number of hydrogen-bond acceptors (Lipinski definition) is 2. The highest BCUT2D eigenvalue weighted by molar-refractivity contribution is 7.80. The fraction of sp³-hybridized carbons (Fsp3) is 0.875. The van der Waals surface area contributed by atoms with Gasteiger partial charge in [0.1, 0.15) is 0 Å². The van der Waals surface area contributed by atoms with E-state index in [9.17, 15) is 4.79 Å². The number of nitrogens with two attached hydrogens (primary N) is 1. The third-order valence-corrected chi connectivity index (χ3v) is 5.67. The molecule has 0 aromatic carbocycles. The van der Waals surface area contributed by atoms with Gasteiger partial charge in [0.05, 0.1) is 10.4 Å². The number of rotatable bonds is 5. The molecule has 2 fully saturated rings. The SMILES string of the molecule is CCC(NC(=O)C1(C(N)=S)CC(C)C1)C1CCCCC1. The molecule has 2 saturated carbocycles. The van der Waals surface area contributed by atoms with Crippen LogP contribution in [0.15, 0.2) is 0 Å².